The summed E-state index contributed by atoms with van der Waals surface area (Å²) >= 11 is 0. The van der Waals surface area contributed by atoms with Crippen LogP contribution in [0.1, 0.15) is 20.3 Å². The van der Waals surface area contributed by atoms with Crippen LogP contribution in [0, 0.1) is 5.92 Å². The van der Waals surface area contributed by atoms with Crippen LogP contribution < -0.4 is 11.2 Å². The van der Waals surface area contributed by atoms with E-state index >= 15 is 0 Å². The lowest BCUT2D eigenvalue weighted by atomic mass is 10.0. The minimum Gasteiger partial charge on any atom is -0.481 e. The number of hydrogen-bond acceptors (Lipinski definition) is 9. The van der Waals surface area contributed by atoms with Crippen molar-refractivity contribution in [3.63, 3.8) is 0 Å². The molecule has 0 heterocycles. The lowest BCUT2D eigenvalue weighted by molar-refractivity contribution is -0.141. The van der Waals surface area contributed by atoms with Crippen LogP contribution in [0.5, 0.6) is 0 Å². The number of nitrogens with one attached hydrogen (secondary N) is 1. The van der Waals surface area contributed by atoms with E-state index in [1.54, 1.807) is 13.8 Å². The quantitative estimate of drug-likeness (QED) is 0.176. The van der Waals surface area contributed by atoms with E-state index < -0.39 is 32.3 Å². The maximum absolute atomic E-state index is 12.2. The lowest BCUT2D eigenvalue weighted by Gasteiger charge is -2.19. The molecule has 0 amide bonds. The summed E-state index contributed by atoms with van der Waals surface area (Å²) in [7, 11) is -4.06. The average molecular weight is 372 g/mol. The number of hydrogen-bond donors (Lipinski definition) is 4. The van der Waals surface area contributed by atoms with E-state index in [1.165, 1.54) is 0 Å². The molecule has 12 heteroatoms. The summed E-state index contributed by atoms with van der Waals surface area (Å²) in [5.41, 5.74) is 0. The molecule has 142 valence electrons. The number of carboxylic acids is 2. The third-order valence-electron chi connectivity index (χ3n) is 2.77. The fourth-order valence-corrected chi connectivity index (χ4v) is 2.73. The molecule has 24 heavy (non-hydrogen) atoms. The first-order chi connectivity index (χ1) is 11.2. The van der Waals surface area contributed by atoms with Crippen molar-refractivity contribution in [2.24, 2.45) is 11.8 Å². The van der Waals surface area contributed by atoms with Gasteiger partial charge in [0.1, 0.15) is 0 Å². The molecule has 0 aromatic rings. The highest BCUT2D eigenvalue weighted by Crippen LogP contribution is 2.49. The van der Waals surface area contributed by atoms with Gasteiger partial charge in [-0.15, -0.1) is 0 Å². The standard InChI is InChI=1S/C12H25N2O9P/c1-9(12(17)18)7-10(2)14-3-4-21-24(19,22-6-5-20-13)23-8-11(15)16/h9-10,14H,3-8,13H2,1-2H3,(H,15,16)(H,17,18). The highest BCUT2D eigenvalue weighted by atomic mass is 31.2. The van der Waals surface area contributed by atoms with Crippen LogP contribution in [0.2, 0.25) is 0 Å². The molecule has 5 N–H and O–H groups in total. The first kappa shape index (κ1) is 22.9. The number of phosphoric acid groups is 1. The Balaban J connectivity index is 4.22. The van der Waals surface area contributed by atoms with Gasteiger partial charge in [-0.2, -0.15) is 0 Å². The largest absolute Gasteiger partial charge is 0.481 e. The molecule has 0 saturated carbocycles. The second-order valence-corrected chi connectivity index (χ2v) is 6.65. The van der Waals surface area contributed by atoms with Crippen LogP contribution in [-0.4, -0.2) is 61.2 Å². The summed E-state index contributed by atoms with van der Waals surface area (Å²) in [6.45, 7) is 2.42. The Kier molecular flexibility index (Phi) is 11.8. The zero-order valence-corrected chi connectivity index (χ0v) is 14.6. The van der Waals surface area contributed by atoms with E-state index in [2.05, 4.69) is 14.7 Å². The van der Waals surface area contributed by atoms with E-state index in [9.17, 15) is 14.2 Å². The first-order valence-electron chi connectivity index (χ1n) is 7.23. The van der Waals surface area contributed by atoms with E-state index in [4.69, 9.17) is 25.2 Å². The van der Waals surface area contributed by atoms with Crippen LogP contribution in [0.25, 0.3) is 0 Å². The molecule has 3 atom stereocenters. The monoisotopic (exact) mass is 372 g/mol. The molecule has 0 bridgehead atoms. The molecule has 0 fully saturated rings. The van der Waals surface area contributed by atoms with Crippen LogP contribution in [0.4, 0.5) is 0 Å². The summed E-state index contributed by atoms with van der Waals surface area (Å²) < 4.78 is 26.7. The Morgan fingerprint density at radius 1 is 1.12 bits per heavy atom. The highest BCUT2D eigenvalue weighted by molar-refractivity contribution is 7.48. The molecule has 3 unspecified atom stereocenters. The molecule has 0 aromatic heterocycles. The smallest absolute Gasteiger partial charge is 0.475 e. The minimum atomic E-state index is -4.06. The Labute approximate surface area is 140 Å². The minimum absolute atomic E-state index is 0.0772. The van der Waals surface area contributed by atoms with Gasteiger partial charge >= 0.3 is 19.8 Å². The number of nitrogens with two attached hydrogens (primary N) is 1. The van der Waals surface area contributed by atoms with Crippen molar-refractivity contribution in [3.8, 4) is 0 Å². The third-order valence-corrected chi connectivity index (χ3v) is 4.21. The van der Waals surface area contributed by atoms with Gasteiger partial charge in [0, 0.05) is 12.6 Å². The van der Waals surface area contributed by atoms with Gasteiger partial charge in [0.15, 0.2) is 6.61 Å². The fraction of sp³-hybridized carbons (Fsp3) is 0.833. The van der Waals surface area contributed by atoms with Gasteiger partial charge in [-0.25, -0.2) is 15.3 Å². The predicted molar refractivity (Wildman–Crippen MR) is 82.1 cm³/mol. The number of carboxylic acid groups (broad SMARTS) is 2. The normalized spacial score (nSPS) is 16.3. The third kappa shape index (κ3) is 11.5. The van der Waals surface area contributed by atoms with Gasteiger partial charge in [0.25, 0.3) is 0 Å². The van der Waals surface area contributed by atoms with Crippen LogP contribution in [-0.2, 0) is 32.6 Å². The molecule has 0 aliphatic rings. The molecular weight excluding hydrogens is 347 g/mol. The van der Waals surface area contributed by atoms with Crippen LogP contribution in [0.3, 0.4) is 0 Å². The van der Waals surface area contributed by atoms with Gasteiger partial charge < -0.3 is 20.4 Å². The second-order valence-electron chi connectivity index (χ2n) is 4.98. The Hall–Kier alpha value is -1.07. The van der Waals surface area contributed by atoms with Gasteiger partial charge in [0.05, 0.1) is 25.7 Å². The van der Waals surface area contributed by atoms with E-state index in [-0.39, 0.29) is 32.4 Å². The van der Waals surface area contributed by atoms with Crippen molar-refractivity contribution in [2.45, 2.75) is 26.3 Å². The number of rotatable bonds is 15. The van der Waals surface area contributed by atoms with Gasteiger partial charge in [-0.05, 0) is 13.3 Å². The average Bonchev–Trinajstić information content (AvgIpc) is 2.50. The number of aliphatic carboxylic acids is 2. The van der Waals surface area contributed by atoms with E-state index in [0.29, 0.717) is 6.42 Å². The molecule has 0 radical (unpaired) electrons. The maximum Gasteiger partial charge on any atom is 0.475 e. The van der Waals surface area contributed by atoms with Gasteiger partial charge in [-0.3, -0.25) is 18.4 Å². The van der Waals surface area contributed by atoms with Crippen molar-refractivity contribution >= 4 is 19.8 Å². The summed E-state index contributed by atoms with van der Waals surface area (Å²) in [5.74, 6) is 2.08. The van der Waals surface area contributed by atoms with Crippen molar-refractivity contribution in [2.75, 3.05) is 33.0 Å². The van der Waals surface area contributed by atoms with Crippen molar-refractivity contribution in [1.29, 1.82) is 0 Å². The maximum atomic E-state index is 12.2. The number of phosphoric ester groups is 1. The Morgan fingerprint density at radius 2 is 1.75 bits per heavy atom. The number of carbonyl (C=O) groups is 2. The molecule has 0 aromatic carbocycles. The molecule has 11 nitrogen and oxygen atoms in total. The van der Waals surface area contributed by atoms with E-state index in [1.807, 2.05) is 0 Å². The zero-order valence-electron chi connectivity index (χ0n) is 13.7. The topological polar surface area (TPSA) is 167 Å². The molecule has 0 aliphatic heterocycles. The first-order valence-corrected chi connectivity index (χ1v) is 8.69. The molecule has 0 rings (SSSR count). The Bertz CT molecular complexity index is 435. The summed E-state index contributed by atoms with van der Waals surface area (Å²) in [5, 5.41) is 20.4. The molecule has 0 aliphatic carbocycles. The highest BCUT2D eigenvalue weighted by Gasteiger charge is 2.28. The van der Waals surface area contributed by atoms with Gasteiger partial charge in [0.2, 0.25) is 0 Å². The SMILES string of the molecule is CC(CC(C)C(=O)O)NCCOP(=O)(OCCON)OCC(=O)O. The van der Waals surface area contributed by atoms with Crippen molar-refractivity contribution in [1.82, 2.24) is 5.32 Å². The second kappa shape index (κ2) is 12.3. The summed E-state index contributed by atoms with van der Waals surface area (Å²) in [6, 6.07) is -0.106. The molecular formula is C12H25N2O9P. The predicted octanol–water partition coefficient (Wildman–Crippen LogP) is 0.208. The fourth-order valence-electron chi connectivity index (χ4n) is 1.62. The van der Waals surface area contributed by atoms with Crippen LogP contribution in [0.15, 0.2) is 0 Å². The summed E-state index contributed by atoms with van der Waals surface area (Å²) in [6.07, 6.45) is 0.410. The molecule has 0 saturated heterocycles. The lowest BCUT2D eigenvalue weighted by Crippen LogP contribution is -2.32. The van der Waals surface area contributed by atoms with Crippen molar-refractivity contribution < 1.29 is 42.8 Å². The van der Waals surface area contributed by atoms with Gasteiger partial charge in [-0.1, -0.05) is 6.92 Å². The molecule has 0 spiro atoms. The van der Waals surface area contributed by atoms with Crippen LogP contribution >= 0.6 is 7.82 Å². The van der Waals surface area contributed by atoms with Crippen molar-refractivity contribution in [3.05, 3.63) is 0 Å². The Morgan fingerprint density at radius 3 is 2.29 bits per heavy atom. The zero-order chi connectivity index (χ0) is 18.6. The summed E-state index contributed by atoms with van der Waals surface area (Å²) in [4.78, 5) is 25.5. The van der Waals surface area contributed by atoms with E-state index in [0.717, 1.165) is 0 Å².